The molecular weight excluding hydrogens is 300 g/mol. The van der Waals surface area contributed by atoms with Gasteiger partial charge in [-0.05, 0) is 49.8 Å². The molecule has 2 aromatic rings. The van der Waals surface area contributed by atoms with E-state index in [2.05, 4.69) is 20.3 Å². The standard InChI is InChI=1S/C19H26N4O/c1-2-7-22-18(3-1)6-10-24-15-17-11-16(12-21-13-17)4-5-19-14-20-8-9-23-19/h1-3,7-9,14,16-17,21H,4-6,10-13,15H2. The van der Waals surface area contributed by atoms with Crippen LogP contribution in [-0.2, 0) is 17.6 Å². The van der Waals surface area contributed by atoms with Crippen molar-refractivity contribution in [2.75, 3.05) is 26.3 Å². The number of aromatic nitrogens is 3. The van der Waals surface area contributed by atoms with E-state index in [1.54, 1.807) is 12.4 Å². The summed E-state index contributed by atoms with van der Waals surface area (Å²) in [5.41, 5.74) is 2.19. The number of nitrogens with one attached hydrogen (secondary N) is 1. The predicted molar refractivity (Wildman–Crippen MR) is 93.6 cm³/mol. The SMILES string of the molecule is c1ccc(CCOCC2CNCC(CCc3cnccn3)C2)nc1. The Morgan fingerprint density at radius 2 is 1.92 bits per heavy atom. The van der Waals surface area contributed by atoms with Gasteiger partial charge in [0.1, 0.15) is 0 Å². The molecule has 0 radical (unpaired) electrons. The molecule has 3 rings (SSSR count). The first-order chi connectivity index (χ1) is 11.9. The molecule has 0 spiro atoms. The number of pyridine rings is 1. The van der Waals surface area contributed by atoms with Crippen LogP contribution in [0.2, 0.25) is 0 Å². The number of hydrogen-bond donors (Lipinski definition) is 1. The maximum absolute atomic E-state index is 5.89. The van der Waals surface area contributed by atoms with Gasteiger partial charge in [0.2, 0.25) is 0 Å². The molecule has 0 amide bonds. The Kier molecular flexibility index (Phi) is 6.69. The second-order valence-corrected chi connectivity index (χ2v) is 6.51. The van der Waals surface area contributed by atoms with Crippen molar-refractivity contribution in [1.29, 1.82) is 0 Å². The van der Waals surface area contributed by atoms with Gasteiger partial charge >= 0.3 is 0 Å². The highest BCUT2D eigenvalue weighted by molar-refractivity contribution is 5.03. The van der Waals surface area contributed by atoms with Crippen LogP contribution in [0.1, 0.15) is 24.2 Å². The molecule has 1 fully saturated rings. The predicted octanol–water partition coefficient (Wildman–Crippen LogP) is 2.29. The third-order valence-electron chi connectivity index (χ3n) is 4.54. The van der Waals surface area contributed by atoms with Crippen LogP contribution in [0.5, 0.6) is 0 Å². The average molecular weight is 326 g/mol. The molecule has 2 atom stereocenters. The topological polar surface area (TPSA) is 59.9 Å². The molecule has 1 saturated heterocycles. The van der Waals surface area contributed by atoms with Crippen molar-refractivity contribution < 1.29 is 4.74 Å². The van der Waals surface area contributed by atoms with E-state index < -0.39 is 0 Å². The molecule has 128 valence electrons. The van der Waals surface area contributed by atoms with Gasteiger partial charge < -0.3 is 10.1 Å². The highest BCUT2D eigenvalue weighted by Gasteiger charge is 2.21. The summed E-state index contributed by atoms with van der Waals surface area (Å²) in [5, 5.41) is 3.55. The zero-order valence-electron chi connectivity index (χ0n) is 14.1. The molecule has 2 aromatic heterocycles. The summed E-state index contributed by atoms with van der Waals surface area (Å²) >= 11 is 0. The van der Waals surface area contributed by atoms with Gasteiger partial charge in [-0.1, -0.05) is 6.07 Å². The first-order valence-electron chi connectivity index (χ1n) is 8.83. The number of aryl methyl sites for hydroxylation is 1. The zero-order valence-corrected chi connectivity index (χ0v) is 14.1. The summed E-state index contributed by atoms with van der Waals surface area (Å²) in [5.74, 6) is 1.31. The fourth-order valence-electron chi connectivity index (χ4n) is 3.26. The van der Waals surface area contributed by atoms with Crippen LogP contribution in [0, 0.1) is 11.8 Å². The molecule has 24 heavy (non-hydrogen) atoms. The first kappa shape index (κ1) is 17.0. The largest absolute Gasteiger partial charge is 0.381 e. The first-order valence-corrected chi connectivity index (χ1v) is 8.83. The smallest absolute Gasteiger partial charge is 0.0586 e. The number of nitrogens with zero attached hydrogens (tertiary/aromatic N) is 3. The van der Waals surface area contributed by atoms with E-state index >= 15 is 0 Å². The van der Waals surface area contributed by atoms with Gasteiger partial charge in [0.05, 0.1) is 18.9 Å². The summed E-state index contributed by atoms with van der Waals surface area (Å²) in [6.07, 6.45) is 11.5. The Morgan fingerprint density at radius 1 is 1.00 bits per heavy atom. The minimum Gasteiger partial charge on any atom is -0.381 e. The second kappa shape index (κ2) is 9.45. The normalized spacial score (nSPS) is 20.8. The van der Waals surface area contributed by atoms with Crippen LogP contribution in [0.15, 0.2) is 43.0 Å². The van der Waals surface area contributed by atoms with Crippen LogP contribution in [0.25, 0.3) is 0 Å². The molecule has 0 saturated carbocycles. The molecular formula is C19H26N4O. The van der Waals surface area contributed by atoms with Crippen molar-refractivity contribution in [2.45, 2.75) is 25.7 Å². The number of hydrogen-bond acceptors (Lipinski definition) is 5. The Hall–Kier alpha value is -1.85. The van der Waals surface area contributed by atoms with Gasteiger partial charge in [0.25, 0.3) is 0 Å². The molecule has 5 nitrogen and oxygen atoms in total. The van der Waals surface area contributed by atoms with Crippen LogP contribution in [0.4, 0.5) is 0 Å². The summed E-state index contributed by atoms with van der Waals surface area (Å²) in [7, 11) is 0. The van der Waals surface area contributed by atoms with Crippen molar-refractivity contribution >= 4 is 0 Å². The summed E-state index contributed by atoms with van der Waals surface area (Å²) in [4.78, 5) is 12.8. The Balaban J connectivity index is 1.33. The molecule has 1 aliphatic rings. The molecule has 0 aromatic carbocycles. The van der Waals surface area contributed by atoms with Gasteiger partial charge in [-0.15, -0.1) is 0 Å². The molecule has 0 aliphatic carbocycles. The monoisotopic (exact) mass is 326 g/mol. The van der Waals surface area contributed by atoms with E-state index in [-0.39, 0.29) is 0 Å². The van der Waals surface area contributed by atoms with Crippen molar-refractivity contribution in [1.82, 2.24) is 20.3 Å². The molecule has 3 heterocycles. The maximum atomic E-state index is 5.89. The van der Waals surface area contributed by atoms with Crippen molar-refractivity contribution in [3.05, 3.63) is 54.4 Å². The van der Waals surface area contributed by atoms with E-state index in [0.717, 1.165) is 57.0 Å². The van der Waals surface area contributed by atoms with Crippen LogP contribution in [0.3, 0.4) is 0 Å². The quantitative estimate of drug-likeness (QED) is 0.754. The number of piperidine rings is 1. The van der Waals surface area contributed by atoms with Crippen LogP contribution < -0.4 is 5.32 Å². The minimum absolute atomic E-state index is 0.606. The highest BCUT2D eigenvalue weighted by Crippen LogP contribution is 2.21. The number of ether oxygens (including phenoxy) is 1. The van der Waals surface area contributed by atoms with Crippen molar-refractivity contribution in [3.8, 4) is 0 Å². The van der Waals surface area contributed by atoms with E-state index in [1.165, 1.54) is 6.42 Å². The van der Waals surface area contributed by atoms with Crippen LogP contribution in [-0.4, -0.2) is 41.3 Å². The third kappa shape index (κ3) is 5.65. The summed E-state index contributed by atoms with van der Waals surface area (Å²) in [6, 6.07) is 6.02. The van der Waals surface area contributed by atoms with E-state index in [0.29, 0.717) is 11.8 Å². The maximum Gasteiger partial charge on any atom is 0.0586 e. The van der Waals surface area contributed by atoms with Gasteiger partial charge in [0.15, 0.2) is 0 Å². The van der Waals surface area contributed by atoms with Gasteiger partial charge in [-0.25, -0.2) is 0 Å². The molecule has 1 N–H and O–H groups in total. The fraction of sp³-hybridized carbons (Fsp3) is 0.526. The average Bonchev–Trinajstić information content (AvgIpc) is 2.66. The zero-order chi connectivity index (χ0) is 16.5. The highest BCUT2D eigenvalue weighted by atomic mass is 16.5. The lowest BCUT2D eigenvalue weighted by atomic mass is 9.87. The summed E-state index contributed by atoms with van der Waals surface area (Å²) < 4.78 is 5.89. The van der Waals surface area contributed by atoms with Crippen LogP contribution >= 0.6 is 0 Å². The third-order valence-corrected chi connectivity index (χ3v) is 4.54. The van der Waals surface area contributed by atoms with E-state index in [1.807, 2.05) is 30.6 Å². The van der Waals surface area contributed by atoms with Crippen molar-refractivity contribution in [3.63, 3.8) is 0 Å². The van der Waals surface area contributed by atoms with E-state index in [9.17, 15) is 0 Å². The lowest BCUT2D eigenvalue weighted by molar-refractivity contribution is 0.0808. The summed E-state index contributed by atoms with van der Waals surface area (Å²) in [6.45, 7) is 3.75. The molecule has 2 unspecified atom stereocenters. The van der Waals surface area contributed by atoms with Crippen molar-refractivity contribution in [2.24, 2.45) is 11.8 Å². The Labute approximate surface area is 143 Å². The molecule has 5 heteroatoms. The van der Waals surface area contributed by atoms with Gasteiger partial charge in [-0.3, -0.25) is 15.0 Å². The van der Waals surface area contributed by atoms with E-state index in [4.69, 9.17) is 4.74 Å². The Bertz CT molecular complexity index is 578. The molecule has 0 bridgehead atoms. The molecule has 1 aliphatic heterocycles. The fourth-order valence-corrected chi connectivity index (χ4v) is 3.26. The lowest BCUT2D eigenvalue weighted by Gasteiger charge is -2.30. The van der Waals surface area contributed by atoms with Gasteiger partial charge in [-0.2, -0.15) is 0 Å². The van der Waals surface area contributed by atoms with Gasteiger partial charge in [0, 0.05) is 43.4 Å². The number of rotatable bonds is 8. The lowest BCUT2D eigenvalue weighted by Crippen LogP contribution is -2.38. The second-order valence-electron chi connectivity index (χ2n) is 6.51. The Morgan fingerprint density at radius 3 is 2.75 bits per heavy atom. The minimum atomic E-state index is 0.606.